The van der Waals surface area contributed by atoms with E-state index in [1.807, 2.05) is 26.8 Å². The molecule has 180 valence electrons. The Hall–Kier alpha value is -2.87. The molecule has 1 aromatic heterocycles. The molecule has 2 aromatic carbocycles. The van der Waals surface area contributed by atoms with Crippen molar-refractivity contribution in [2.75, 3.05) is 0 Å². The maximum absolute atomic E-state index is 14.6. The molecule has 2 saturated carbocycles. The van der Waals surface area contributed by atoms with E-state index in [9.17, 15) is 17.6 Å². The molecule has 0 radical (unpaired) electrons. The molecule has 2 aliphatic rings. The Bertz CT molecular complexity index is 1380. The third kappa shape index (κ3) is 4.43. The number of rotatable bonds is 6. The van der Waals surface area contributed by atoms with Gasteiger partial charge in [0.2, 0.25) is 0 Å². The maximum Gasteiger partial charge on any atom is 0.300 e. The summed E-state index contributed by atoms with van der Waals surface area (Å²) in [5.74, 6) is -1.19. The molecule has 34 heavy (non-hydrogen) atoms. The Balaban J connectivity index is 1.46. The monoisotopic (exact) mass is 485 g/mol. The predicted molar refractivity (Wildman–Crippen MR) is 126 cm³/mol. The lowest BCUT2D eigenvalue weighted by molar-refractivity contribution is 0.0956. The van der Waals surface area contributed by atoms with Gasteiger partial charge in [-0.25, -0.2) is 17.5 Å². The van der Waals surface area contributed by atoms with Gasteiger partial charge in [0.1, 0.15) is 22.0 Å². The van der Waals surface area contributed by atoms with Crippen LogP contribution >= 0.6 is 0 Å². The van der Waals surface area contributed by atoms with Crippen molar-refractivity contribution in [1.29, 1.82) is 0 Å². The molecule has 2 fully saturated rings. The van der Waals surface area contributed by atoms with Gasteiger partial charge in [-0.05, 0) is 78.8 Å². The molecule has 1 heterocycles. The second kappa shape index (κ2) is 8.12. The standard InChI is InChI=1S/C26H28FNO5S/c1-26(2,3)17-9-10-21(32-18-5-4-6-18)24(13-17)34(30,31)28-25(29)23-14-19-20(27)11-16(15-7-8-15)12-22(19)33-23/h9-15,18H,4-8H2,1-3H3,(H,28,29). The molecule has 0 spiro atoms. The number of hydrogen-bond acceptors (Lipinski definition) is 5. The molecule has 3 aromatic rings. The van der Waals surface area contributed by atoms with Crippen molar-refractivity contribution in [3.63, 3.8) is 0 Å². The first-order chi connectivity index (χ1) is 16.0. The summed E-state index contributed by atoms with van der Waals surface area (Å²) in [7, 11) is -4.29. The fourth-order valence-corrected chi connectivity index (χ4v) is 5.18. The molecule has 1 amide bonds. The van der Waals surface area contributed by atoms with Gasteiger partial charge in [0.05, 0.1) is 11.5 Å². The first kappa shape index (κ1) is 22.9. The van der Waals surface area contributed by atoms with Crippen molar-refractivity contribution in [3.05, 3.63) is 59.1 Å². The smallest absolute Gasteiger partial charge is 0.300 e. The second-order valence-electron chi connectivity index (χ2n) is 10.3. The molecule has 0 bridgehead atoms. The van der Waals surface area contributed by atoms with E-state index >= 15 is 0 Å². The molecule has 0 atom stereocenters. The lowest BCUT2D eigenvalue weighted by atomic mass is 9.87. The molecule has 2 aliphatic carbocycles. The molecule has 0 unspecified atom stereocenters. The van der Waals surface area contributed by atoms with Crippen LogP contribution in [0.1, 0.15) is 80.5 Å². The number of halogens is 1. The highest BCUT2D eigenvalue weighted by Crippen LogP contribution is 2.42. The maximum atomic E-state index is 14.6. The van der Waals surface area contributed by atoms with Crippen LogP contribution in [0.2, 0.25) is 0 Å². The molecule has 0 aliphatic heterocycles. The molecule has 5 rings (SSSR count). The van der Waals surface area contributed by atoms with Gasteiger partial charge in [-0.15, -0.1) is 0 Å². The number of benzene rings is 2. The quantitative estimate of drug-likeness (QED) is 0.477. The van der Waals surface area contributed by atoms with Crippen molar-refractivity contribution in [3.8, 4) is 5.75 Å². The number of amides is 1. The number of nitrogens with one attached hydrogen (secondary N) is 1. The zero-order valence-electron chi connectivity index (χ0n) is 19.5. The van der Waals surface area contributed by atoms with Crippen molar-refractivity contribution in [2.24, 2.45) is 0 Å². The number of fused-ring (bicyclic) bond motifs is 1. The number of carbonyl (C=O) groups is 1. The largest absolute Gasteiger partial charge is 0.489 e. The van der Waals surface area contributed by atoms with Crippen LogP contribution in [0.15, 0.2) is 45.7 Å². The fraction of sp³-hybridized carbons (Fsp3) is 0.423. The number of hydrogen-bond donors (Lipinski definition) is 1. The summed E-state index contributed by atoms with van der Waals surface area (Å²) >= 11 is 0. The molecule has 1 N–H and O–H groups in total. The van der Waals surface area contributed by atoms with Crippen LogP contribution in [0, 0.1) is 5.82 Å². The van der Waals surface area contributed by atoms with Crippen LogP contribution in [0.5, 0.6) is 5.75 Å². The van der Waals surface area contributed by atoms with Gasteiger partial charge in [0.25, 0.3) is 10.0 Å². The Morgan fingerprint density at radius 2 is 1.82 bits per heavy atom. The number of ether oxygens (including phenoxy) is 1. The van der Waals surface area contributed by atoms with Crippen molar-refractivity contribution in [1.82, 2.24) is 4.72 Å². The van der Waals surface area contributed by atoms with Gasteiger partial charge in [-0.1, -0.05) is 26.8 Å². The normalized spacial score (nSPS) is 16.9. The number of furan rings is 1. The summed E-state index contributed by atoms with van der Waals surface area (Å²) in [6, 6.07) is 9.45. The first-order valence-corrected chi connectivity index (χ1v) is 13.1. The van der Waals surface area contributed by atoms with E-state index < -0.39 is 21.7 Å². The van der Waals surface area contributed by atoms with Gasteiger partial charge in [-0.3, -0.25) is 4.79 Å². The summed E-state index contributed by atoms with van der Waals surface area (Å²) in [5.41, 5.74) is 1.54. The van der Waals surface area contributed by atoms with E-state index in [1.54, 1.807) is 18.2 Å². The van der Waals surface area contributed by atoms with Crippen LogP contribution in [0.25, 0.3) is 11.0 Å². The van der Waals surface area contributed by atoms with Crippen LogP contribution in [-0.2, 0) is 15.4 Å². The summed E-state index contributed by atoms with van der Waals surface area (Å²) < 4.78 is 54.7. The zero-order valence-corrected chi connectivity index (χ0v) is 20.3. The van der Waals surface area contributed by atoms with Crippen molar-refractivity contribution in [2.45, 2.75) is 75.2 Å². The minimum atomic E-state index is -4.29. The molecular weight excluding hydrogens is 457 g/mol. The average Bonchev–Trinajstić information content (AvgIpc) is 3.48. The minimum absolute atomic E-state index is 0.0378. The predicted octanol–water partition coefficient (Wildman–Crippen LogP) is 5.80. The van der Waals surface area contributed by atoms with Gasteiger partial charge in [0.15, 0.2) is 5.76 Å². The molecular formula is C26H28FNO5S. The topological polar surface area (TPSA) is 85.6 Å². The summed E-state index contributed by atoms with van der Waals surface area (Å²) in [4.78, 5) is 12.8. The highest BCUT2D eigenvalue weighted by Gasteiger charge is 2.30. The Morgan fingerprint density at radius 1 is 1.09 bits per heavy atom. The minimum Gasteiger partial charge on any atom is -0.489 e. The Morgan fingerprint density at radius 3 is 2.44 bits per heavy atom. The molecule has 0 saturated heterocycles. The molecule has 8 heteroatoms. The highest BCUT2D eigenvalue weighted by atomic mass is 32.2. The van der Waals surface area contributed by atoms with Gasteiger partial charge < -0.3 is 9.15 Å². The number of carbonyl (C=O) groups excluding carboxylic acids is 1. The molecule has 6 nitrogen and oxygen atoms in total. The van der Waals surface area contributed by atoms with Crippen molar-refractivity contribution >= 4 is 26.9 Å². The third-order valence-electron chi connectivity index (χ3n) is 6.55. The van der Waals surface area contributed by atoms with Crippen LogP contribution in [-0.4, -0.2) is 20.4 Å². The van der Waals surface area contributed by atoms with Gasteiger partial charge in [0, 0.05) is 6.07 Å². The third-order valence-corrected chi connectivity index (χ3v) is 7.91. The number of sulfonamides is 1. The Kier molecular flexibility index (Phi) is 5.47. The van der Waals surface area contributed by atoms with E-state index in [-0.39, 0.29) is 38.9 Å². The lowest BCUT2D eigenvalue weighted by Gasteiger charge is -2.28. The second-order valence-corrected chi connectivity index (χ2v) is 12.0. The van der Waals surface area contributed by atoms with Crippen LogP contribution < -0.4 is 9.46 Å². The first-order valence-electron chi connectivity index (χ1n) is 11.6. The van der Waals surface area contributed by atoms with E-state index in [1.165, 1.54) is 12.1 Å². The SMILES string of the molecule is CC(C)(C)c1ccc(OC2CCC2)c(S(=O)(=O)NC(=O)c2cc3c(F)cc(C4CC4)cc3o2)c1. The van der Waals surface area contributed by atoms with Crippen molar-refractivity contribution < 1.29 is 26.8 Å². The summed E-state index contributed by atoms with van der Waals surface area (Å²) in [6.45, 7) is 5.92. The highest BCUT2D eigenvalue weighted by molar-refractivity contribution is 7.90. The van der Waals surface area contributed by atoms with E-state index in [2.05, 4.69) is 4.72 Å². The van der Waals surface area contributed by atoms with Gasteiger partial charge >= 0.3 is 5.91 Å². The average molecular weight is 486 g/mol. The fourth-order valence-electron chi connectivity index (χ4n) is 4.06. The summed E-state index contributed by atoms with van der Waals surface area (Å²) in [5, 5.41) is 0.149. The summed E-state index contributed by atoms with van der Waals surface area (Å²) in [6.07, 6.45) is 4.71. The lowest BCUT2D eigenvalue weighted by Crippen LogP contribution is -2.32. The zero-order chi connectivity index (χ0) is 24.3. The van der Waals surface area contributed by atoms with Crippen LogP contribution in [0.4, 0.5) is 4.39 Å². The van der Waals surface area contributed by atoms with E-state index in [0.29, 0.717) is 5.92 Å². The van der Waals surface area contributed by atoms with E-state index in [0.717, 1.165) is 43.2 Å². The van der Waals surface area contributed by atoms with E-state index in [4.69, 9.17) is 9.15 Å². The van der Waals surface area contributed by atoms with Crippen LogP contribution in [0.3, 0.4) is 0 Å². The Labute approximate surface area is 198 Å². The van der Waals surface area contributed by atoms with Gasteiger partial charge in [-0.2, -0.15) is 0 Å².